The van der Waals surface area contributed by atoms with E-state index in [0.29, 0.717) is 25.0 Å². The molecule has 0 saturated carbocycles. The van der Waals surface area contributed by atoms with Crippen LogP contribution < -0.4 is 14.8 Å². The van der Waals surface area contributed by atoms with Gasteiger partial charge in [-0.15, -0.1) is 12.4 Å². The Hall–Kier alpha value is -1.00. The van der Waals surface area contributed by atoms with Gasteiger partial charge in [-0.3, -0.25) is 0 Å². The van der Waals surface area contributed by atoms with Crippen LogP contribution in [0.2, 0.25) is 0 Å². The third kappa shape index (κ3) is 3.25. The van der Waals surface area contributed by atoms with Gasteiger partial charge in [-0.25, -0.2) is 0 Å². The second-order valence-electron chi connectivity index (χ2n) is 3.49. The van der Waals surface area contributed by atoms with Crippen molar-refractivity contribution in [3.63, 3.8) is 0 Å². The van der Waals surface area contributed by atoms with Crippen molar-refractivity contribution in [2.75, 3.05) is 19.8 Å². The summed E-state index contributed by atoms with van der Waals surface area (Å²) in [6.07, 6.45) is 0.987. The SMILES string of the molecule is CCCOc1ccc2c(n1)OCCNC2.Cl. The molecule has 0 radical (unpaired) electrons. The van der Waals surface area contributed by atoms with Crippen LogP contribution in [0.5, 0.6) is 11.8 Å². The molecule has 0 amide bonds. The quantitative estimate of drug-likeness (QED) is 0.880. The Labute approximate surface area is 102 Å². The zero-order valence-corrected chi connectivity index (χ0v) is 10.2. The Morgan fingerprint density at radius 1 is 1.50 bits per heavy atom. The van der Waals surface area contributed by atoms with E-state index in [-0.39, 0.29) is 12.4 Å². The summed E-state index contributed by atoms with van der Waals surface area (Å²) in [7, 11) is 0. The first-order chi connectivity index (χ1) is 7.40. The number of nitrogens with zero attached hydrogens (tertiary/aromatic N) is 1. The van der Waals surface area contributed by atoms with Gasteiger partial charge in [0.05, 0.1) is 6.61 Å². The maximum atomic E-state index is 5.52. The summed E-state index contributed by atoms with van der Waals surface area (Å²) < 4.78 is 11.0. The molecule has 2 heterocycles. The standard InChI is InChI=1S/C11H16N2O2.ClH/c1-2-6-14-10-4-3-9-8-12-5-7-15-11(9)13-10;/h3-4,12H,2,5-8H2,1H3;1H. The van der Waals surface area contributed by atoms with Gasteiger partial charge in [0.2, 0.25) is 11.8 Å². The molecule has 0 bridgehead atoms. The van der Waals surface area contributed by atoms with Crippen molar-refractivity contribution in [1.29, 1.82) is 0 Å². The van der Waals surface area contributed by atoms with Gasteiger partial charge in [0.25, 0.3) is 0 Å². The molecule has 0 fully saturated rings. The smallest absolute Gasteiger partial charge is 0.221 e. The van der Waals surface area contributed by atoms with Gasteiger partial charge in [0, 0.05) is 24.7 Å². The fourth-order valence-corrected chi connectivity index (χ4v) is 1.44. The summed E-state index contributed by atoms with van der Waals surface area (Å²) in [4.78, 5) is 4.33. The lowest BCUT2D eigenvalue weighted by Gasteiger charge is -2.08. The van der Waals surface area contributed by atoms with Crippen LogP contribution in [0.15, 0.2) is 12.1 Å². The highest BCUT2D eigenvalue weighted by molar-refractivity contribution is 5.85. The van der Waals surface area contributed by atoms with Gasteiger partial charge in [-0.1, -0.05) is 6.92 Å². The number of hydrogen-bond donors (Lipinski definition) is 1. The predicted molar refractivity (Wildman–Crippen MR) is 64.5 cm³/mol. The van der Waals surface area contributed by atoms with Gasteiger partial charge in [0.1, 0.15) is 6.61 Å². The Bertz CT molecular complexity index is 334. The Morgan fingerprint density at radius 2 is 2.38 bits per heavy atom. The molecule has 0 unspecified atom stereocenters. The molecule has 0 aliphatic carbocycles. The zero-order valence-electron chi connectivity index (χ0n) is 9.36. The third-order valence-corrected chi connectivity index (χ3v) is 2.20. The van der Waals surface area contributed by atoms with Crippen molar-refractivity contribution in [3.05, 3.63) is 17.7 Å². The van der Waals surface area contributed by atoms with Crippen LogP contribution in [0.25, 0.3) is 0 Å². The minimum absolute atomic E-state index is 0. The molecule has 0 spiro atoms. The van der Waals surface area contributed by atoms with E-state index < -0.39 is 0 Å². The van der Waals surface area contributed by atoms with E-state index in [0.717, 1.165) is 25.1 Å². The first-order valence-electron chi connectivity index (χ1n) is 5.36. The van der Waals surface area contributed by atoms with Gasteiger partial charge in [-0.2, -0.15) is 4.98 Å². The molecule has 0 saturated heterocycles. The van der Waals surface area contributed by atoms with E-state index in [1.165, 1.54) is 0 Å². The second kappa shape index (κ2) is 6.55. The molecule has 90 valence electrons. The molecule has 0 atom stereocenters. The molecule has 4 nitrogen and oxygen atoms in total. The van der Waals surface area contributed by atoms with E-state index in [1.807, 2.05) is 12.1 Å². The normalized spacial score (nSPS) is 14.1. The molecular weight excluding hydrogens is 228 g/mol. The van der Waals surface area contributed by atoms with Gasteiger partial charge in [0.15, 0.2) is 0 Å². The average Bonchev–Trinajstić information content (AvgIpc) is 2.50. The van der Waals surface area contributed by atoms with Crippen LogP contribution >= 0.6 is 12.4 Å². The zero-order chi connectivity index (χ0) is 10.5. The van der Waals surface area contributed by atoms with E-state index in [1.54, 1.807) is 0 Å². The summed E-state index contributed by atoms with van der Waals surface area (Å²) in [6.45, 7) is 5.11. The van der Waals surface area contributed by atoms with Crippen molar-refractivity contribution in [2.45, 2.75) is 19.9 Å². The molecule has 1 aromatic rings. The van der Waals surface area contributed by atoms with Crippen molar-refractivity contribution < 1.29 is 9.47 Å². The van der Waals surface area contributed by atoms with Crippen LogP contribution in [0.3, 0.4) is 0 Å². The van der Waals surface area contributed by atoms with Crippen molar-refractivity contribution in [3.8, 4) is 11.8 Å². The molecule has 0 aromatic carbocycles. The van der Waals surface area contributed by atoms with E-state index >= 15 is 0 Å². The van der Waals surface area contributed by atoms with Gasteiger partial charge in [-0.05, 0) is 12.5 Å². The van der Waals surface area contributed by atoms with Crippen LogP contribution in [0.4, 0.5) is 0 Å². The minimum Gasteiger partial charge on any atom is -0.478 e. The Morgan fingerprint density at radius 3 is 3.19 bits per heavy atom. The van der Waals surface area contributed by atoms with Crippen molar-refractivity contribution in [2.24, 2.45) is 0 Å². The highest BCUT2D eigenvalue weighted by Crippen LogP contribution is 2.21. The molecule has 1 aliphatic heterocycles. The minimum atomic E-state index is 0. The molecule has 1 aromatic heterocycles. The van der Waals surface area contributed by atoms with Crippen molar-refractivity contribution in [1.82, 2.24) is 10.3 Å². The second-order valence-corrected chi connectivity index (χ2v) is 3.49. The van der Waals surface area contributed by atoms with E-state index in [4.69, 9.17) is 9.47 Å². The summed E-state index contributed by atoms with van der Waals surface area (Å²) in [5, 5.41) is 3.26. The lowest BCUT2D eigenvalue weighted by atomic mass is 10.2. The van der Waals surface area contributed by atoms with E-state index in [9.17, 15) is 0 Å². The summed E-state index contributed by atoms with van der Waals surface area (Å²) in [5.74, 6) is 1.35. The third-order valence-electron chi connectivity index (χ3n) is 2.20. The largest absolute Gasteiger partial charge is 0.478 e. The fourth-order valence-electron chi connectivity index (χ4n) is 1.44. The number of fused-ring (bicyclic) bond motifs is 1. The number of hydrogen-bond acceptors (Lipinski definition) is 4. The molecule has 1 aliphatic rings. The maximum absolute atomic E-state index is 5.52. The monoisotopic (exact) mass is 244 g/mol. The number of ether oxygens (including phenoxy) is 2. The number of rotatable bonds is 3. The maximum Gasteiger partial charge on any atom is 0.221 e. The first kappa shape index (κ1) is 13.1. The number of aromatic nitrogens is 1. The van der Waals surface area contributed by atoms with Crippen LogP contribution in [0, 0.1) is 0 Å². The van der Waals surface area contributed by atoms with Crippen LogP contribution in [-0.4, -0.2) is 24.7 Å². The molecule has 5 heteroatoms. The molecule has 2 rings (SSSR count). The lowest BCUT2D eigenvalue weighted by Crippen LogP contribution is -2.16. The number of halogens is 1. The summed E-state index contributed by atoms with van der Waals surface area (Å²) in [5.41, 5.74) is 1.09. The molecule has 1 N–H and O–H groups in total. The van der Waals surface area contributed by atoms with Crippen molar-refractivity contribution >= 4 is 12.4 Å². The van der Waals surface area contributed by atoms with E-state index in [2.05, 4.69) is 17.2 Å². The number of nitrogens with one attached hydrogen (secondary N) is 1. The predicted octanol–water partition coefficient (Wildman–Crippen LogP) is 1.77. The number of pyridine rings is 1. The Kier molecular flexibility index (Phi) is 5.35. The summed E-state index contributed by atoms with van der Waals surface area (Å²) >= 11 is 0. The fraction of sp³-hybridized carbons (Fsp3) is 0.545. The molecular formula is C11H17ClN2O2. The molecule has 16 heavy (non-hydrogen) atoms. The average molecular weight is 245 g/mol. The van der Waals surface area contributed by atoms with Gasteiger partial charge < -0.3 is 14.8 Å². The Balaban J connectivity index is 0.00000128. The summed E-state index contributed by atoms with van der Waals surface area (Å²) in [6, 6.07) is 3.90. The van der Waals surface area contributed by atoms with Gasteiger partial charge >= 0.3 is 0 Å². The first-order valence-corrected chi connectivity index (χ1v) is 5.36. The lowest BCUT2D eigenvalue weighted by molar-refractivity contribution is 0.284. The van der Waals surface area contributed by atoms with Crippen LogP contribution in [0.1, 0.15) is 18.9 Å². The highest BCUT2D eigenvalue weighted by atomic mass is 35.5. The topological polar surface area (TPSA) is 43.4 Å². The van der Waals surface area contributed by atoms with Crippen LogP contribution in [-0.2, 0) is 6.54 Å². The highest BCUT2D eigenvalue weighted by Gasteiger charge is 2.10.